The average Bonchev–Trinajstić information content (AvgIpc) is 3.34. The summed E-state index contributed by atoms with van der Waals surface area (Å²) in [6.07, 6.45) is 8.59. The van der Waals surface area contributed by atoms with E-state index in [1.807, 2.05) is 16.9 Å². The molecule has 4 rings (SSSR count). The maximum Gasteiger partial charge on any atom is 0.239 e. The molecule has 0 spiro atoms. The highest BCUT2D eigenvalue weighted by Gasteiger charge is 2.31. The number of fused-ring (bicyclic) bond motifs is 1. The minimum Gasteiger partial charge on any atom is -0.310 e. The van der Waals surface area contributed by atoms with Crippen molar-refractivity contribution in [3.8, 4) is 0 Å². The van der Waals surface area contributed by atoms with E-state index >= 15 is 0 Å². The number of nitrogens with zero attached hydrogens (tertiary/aromatic N) is 5. The summed E-state index contributed by atoms with van der Waals surface area (Å²) >= 11 is 0. The van der Waals surface area contributed by atoms with Gasteiger partial charge < -0.3 is 5.32 Å². The summed E-state index contributed by atoms with van der Waals surface area (Å²) in [7, 11) is 0. The van der Waals surface area contributed by atoms with Crippen molar-refractivity contribution >= 4 is 11.7 Å². The lowest BCUT2D eigenvalue weighted by Crippen LogP contribution is -2.37. The van der Waals surface area contributed by atoms with Gasteiger partial charge in [0.1, 0.15) is 12.1 Å². The molecule has 1 amide bonds. The molecule has 0 saturated heterocycles. The van der Waals surface area contributed by atoms with E-state index in [0.29, 0.717) is 25.0 Å². The highest BCUT2D eigenvalue weighted by Crippen LogP contribution is 2.40. The van der Waals surface area contributed by atoms with Crippen molar-refractivity contribution in [1.82, 2.24) is 24.6 Å². The third-order valence-corrected chi connectivity index (χ3v) is 4.95. The third-order valence-electron chi connectivity index (χ3n) is 4.95. The van der Waals surface area contributed by atoms with Gasteiger partial charge in [0.05, 0.1) is 24.5 Å². The van der Waals surface area contributed by atoms with E-state index < -0.39 is 0 Å². The van der Waals surface area contributed by atoms with Crippen LogP contribution in [0.5, 0.6) is 0 Å². The predicted octanol–water partition coefficient (Wildman–Crippen LogP) is 1.64. The van der Waals surface area contributed by atoms with Gasteiger partial charge in [-0.1, -0.05) is 0 Å². The lowest BCUT2D eigenvalue weighted by Gasteiger charge is -2.27. The second-order valence-electron chi connectivity index (χ2n) is 6.74. The van der Waals surface area contributed by atoms with Crippen molar-refractivity contribution in [1.29, 1.82) is 0 Å². The van der Waals surface area contributed by atoms with Gasteiger partial charge in [-0.3, -0.25) is 9.69 Å². The molecule has 1 fully saturated rings. The number of anilines is 1. The first-order valence-electron chi connectivity index (χ1n) is 8.54. The topological polar surface area (TPSA) is 75.9 Å². The van der Waals surface area contributed by atoms with Crippen molar-refractivity contribution in [2.24, 2.45) is 5.92 Å². The Bertz CT molecular complexity index is 738. The molecule has 1 atom stereocenters. The number of carbonyl (C=O) groups excluding carboxylic acids is 1. The lowest BCUT2D eigenvalue weighted by molar-refractivity contribution is -0.117. The van der Waals surface area contributed by atoms with Crippen LogP contribution in [0.3, 0.4) is 0 Å². The van der Waals surface area contributed by atoms with Crippen molar-refractivity contribution in [2.45, 2.75) is 38.8 Å². The van der Waals surface area contributed by atoms with Crippen LogP contribution in [0.4, 0.5) is 5.82 Å². The summed E-state index contributed by atoms with van der Waals surface area (Å²) in [6, 6.07) is 2.21. The monoisotopic (exact) mass is 326 g/mol. The van der Waals surface area contributed by atoms with E-state index in [-0.39, 0.29) is 5.91 Å². The SMILES string of the molecule is C[C@@H](C1CC1)n1nccc1NC(=O)CN1CCc2cncnc2C1. The Morgan fingerprint density at radius 1 is 1.46 bits per heavy atom. The summed E-state index contributed by atoms with van der Waals surface area (Å²) in [6.45, 7) is 4.09. The van der Waals surface area contributed by atoms with Gasteiger partial charge in [-0.2, -0.15) is 5.10 Å². The Balaban J connectivity index is 1.37. The first kappa shape index (κ1) is 15.3. The van der Waals surface area contributed by atoms with Crippen LogP contribution in [0.1, 0.15) is 37.1 Å². The third kappa shape index (κ3) is 3.17. The van der Waals surface area contributed by atoms with E-state index in [1.54, 1.807) is 12.5 Å². The largest absolute Gasteiger partial charge is 0.310 e. The number of hydrogen-bond acceptors (Lipinski definition) is 5. The summed E-state index contributed by atoms with van der Waals surface area (Å²) in [5.74, 6) is 1.48. The first-order valence-corrected chi connectivity index (χ1v) is 8.54. The van der Waals surface area contributed by atoms with E-state index in [0.717, 1.165) is 24.5 Å². The van der Waals surface area contributed by atoms with E-state index in [1.165, 1.54) is 18.4 Å². The molecule has 2 aliphatic rings. The molecule has 7 nitrogen and oxygen atoms in total. The zero-order chi connectivity index (χ0) is 16.5. The molecule has 2 aromatic rings. The summed E-state index contributed by atoms with van der Waals surface area (Å²) in [5, 5.41) is 7.39. The smallest absolute Gasteiger partial charge is 0.239 e. The standard InChI is InChI=1S/C17H22N6O/c1-12(13-2-3-13)23-16(4-6-20-23)21-17(24)10-22-7-5-14-8-18-11-19-15(14)9-22/h4,6,8,11-13H,2-3,5,7,9-10H2,1H3,(H,21,24)/t12-/m0/s1. The van der Waals surface area contributed by atoms with E-state index in [2.05, 4.69) is 32.2 Å². The Morgan fingerprint density at radius 2 is 2.33 bits per heavy atom. The van der Waals surface area contributed by atoms with Crippen LogP contribution in [0.15, 0.2) is 24.8 Å². The predicted molar refractivity (Wildman–Crippen MR) is 89.3 cm³/mol. The highest BCUT2D eigenvalue weighted by molar-refractivity contribution is 5.91. The van der Waals surface area contributed by atoms with E-state index in [9.17, 15) is 4.79 Å². The fourth-order valence-corrected chi connectivity index (χ4v) is 3.34. The second kappa shape index (κ2) is 6.32. The molecule has 1 aliphatic heterocycles. The van der Waals surface area contributed by atoms with Gasteiger partial charge in [-0.25, -0.2) is 14.6 Å². The van der Waals surface area contributed by atoms with Gasteiger partial charge in [0, 0.05) is 25.4 Å². The average molecular weight is 326 g/mol. The molecule has 126 valence electrons. The van der Waals surface area contributed by atoms with Gasteiger partial charge in [0.2, 0.25) is 5.91 Å². The molecule has 0 bridgehead atoms. The lowest BCUT2D eigenvalue weighted by atomic mass is 10.1. The minimum atomic E-state index is -0.00254. The number of carbonyl (C=O) groups is 1. The van der Waals surface area contributed by atoms with Crippen LogP contribution in [-0.4, -0.2) is 43.6 Å². The van der Waals surface area contributed by atoms with Gasteiger partial charge in [-0.05, 0) is 37.7 Å². The summed E-state index contributed by atoms with van der Waals surface area (Å²) < 4.78 is 1.94. The normalized spacial score (nSPS) is 18.9. The van der Waals surface area contributed by atoms with Crippen LogP contribution < -0.4 is 5.32 Å². The van der Waals surface area contributed by atoms with Crippen LogP contribution >= 0.6 is 0 Å². The number of aromatic nitrogens is 4. The number of rotatable bonds is 5. The van der Waals surface area contributed by atoms with Crippen molar-refractivity contribution in [3.63, 3.8) is 0 Å². The zero-order valence-corrected chi connectivity index (χ0v) is 13.9. The molecular formula is C17H22N6O. The summed E-state index contributed by atoms with van der Waals surface area (Å²) in [5.41, 5.74) is 2.21. The van der Waals surface area contributed by atoms with Crippen LogP contribution in [0, 0.1) is 5.92 Å². The Morgan fingerprint density at radius 3 is 3.17 bits per heavy atom. The van der Waals surface area contributed by atoms with Crippen LogP contribution in [0.25, 0.3) is 0 Å². The quantitative estimate of drug-likeness (QED) is 0.904. The fourth-order valence-electron chi connectivity index (χ4n) is 3.34. The molecule has 1 aliphatic carbocycles. The van der Waals surface area contributed by atoms with Crippen molar-refractivity contribution in [3.05, 3.63) is 36.0 Å². The molecule has 1 saturated carbocycles. The van der Waals surface area contributed by atoms with Crippen molar-refractivity contribution in [2.75, 3.05) is 18.4 Å². The van der Waals surface area contributed by atoms with Crippen LogP contribution in [-0.2, 0) is 17.8 Å². The van der Waals surface area contributed by atoms with Crippen molar-refractivity contribution < 1.29 is 4.79 Å². The maximum atomic E-state index is 12.4. The second-order valence-corrected chi connectivity index (χ2v) is 6.74. The molecule has 3 heterocycles. The van der Waals surface area contributed by atoms with Gasteiger partial charge in [0.15, 0.2) is 0 Å². The Hall–Kier alpha value is -2.28. The number of amides is 1. The minimum absolute atomic E-state index is 0.00254. The van der Waals surface area contributed by atoms with Gasteiger partial charge >= 0.3 is 0 Å². The molecule has 0 unspecified atom stereocenters. The molecule has 2 aromatic heterocycles. The van der Waals surface area contributed by atoms with Gasteiger partial charge in [0.25, 0.3) is 0 Å². The Labute approximate surface area is 141 Å². The molecule has 7 heteroatoms. The molecular weight excluding hydrogens is 304 g/mol. The summed E-state index contributed by atoms with van der Waals surface area (Å²) in [4.78, 5) is 22.9. The van der Waals surface area contributed by atoms with Crippen LogP contribution in [0.2, 0.25) is 0 Å². The number of hydrogen-bond donors (Lipinski definition) is 1. The number of nitrogens with one attached hydrogen (secondary N) is 1. The zero-order valence-electron chi connectivity index (χ0n) is 13.9. The fraction of sp³-hybridized carbons (Fsp3) is 0.529. The first-order chi connectivity index (χ1) is 11.7. The molecule has 24 heavy (non-hydrogen) atoms. The molecule has 1 N–H and O–H groups in total. The maximum absolute atomic E-state index is 12.4. The molecule has 0 aromatic carbocycles. The molecule has 0 radical (unpaired) electrons. The Kier molecular flexibility index (Phi) is 4.02. The van der Waals surface area contributed by atoms with E-state index in [4.69, 9.17) is 0 Å². The highest BCUT2D eigenvalue weighted by atomic mass is 16.2. The van der Waals surface area contributed by atoms with Gasteiger partial charge in [-0.15, -0.1) is 0 Å².